The van der Waals surface area contributed by atoms with Crippen LogP contribution in [0, 0.1) is 5.82 Å². The fraction of sp³-hybridized carbons (Fsp3) is 0.310. The monoisotopic (exact) mass is 627 g/mol. The van der Waals surface area contributed by atoms with E-state index in [1.54, 1.807) is 13.0 Å². The molecule has 0 saturated carbocycles. The lowest BCUT2D eigenvalue weighted by molar-refractivity contribution is -0.139. The molecule has 226 valence electrons. The van der Waals surface area contributed by atoms with Crippen LogP contribution in [0.4, 0.5) is 23.2 Å². The Morgan fingerprint density at radius 3 is 2.19 bits per heavy atom. The van der Waals surface area contributed by atoms with Gasteiger partial charge in [0.15, 0.2) is 0 Å². The Morgan fingerprint density at radius 2 is 1.60 bits per heavy atom. The highest BCUT2D eigenvalue weighted by Gasteiger charge is 2.36. The van der Waals surface area contributed by atoms with Crippen LogP contribution in [0.1, 0.15) is 38.3 Å². The third-order valence-electron chi connectivity index (χ3n) is 6.62. The van der Waals surface area contributed by atoms with Crippen molar-refractivity contribution in [1.29, 1.82) is 0 Å². The predicted molar refractivity (Wildman–Crippen MR) is 152 cm³/mol. The van der Waals surface area contributed by atoms with Gasteiger partial charge >= 0.3 is 6.18 Å². The molecule has 0 unspecified atom stereocenters. The maximum atomic E-state index is 14.6. The van der Waals surface area contributed by atoms with E-state index in [2.05, 4.69) is 5.32 Å². The highest BCUT2D eigenvalue weighted by molar-refractivity contribution is 7.92. The fourth-order valence-electron chi connectivity index (χ4n) is 3.97. The summed E-state index contributed by atoms with van der Waals surface area (Å²) in [6.07, 6.45) is -4.26. The number of amides is 2. The molecule has 42 heavy (non-hydrogen) atoms. The van der Waals surface area contributed by atoms with Crippen LogP contribution in [0.5, 0.6) is 0 Å². The summed E-state index contributed by atoms with van der Waals surface area (Å²) in [5.74, 6) is -2.22. The fourth-order valence-corrected chi connectivity index (χ4v) is 5.69. The Bertz CT molecular complexity index is 1520. The number of alkyl halides is 3. The van der Waals surface area contributed by atoms with Gasteiger partial charge < -0.3 is 10.2 Å². The minimum Gasteiger partial charge on any atom is -0.352 e. The van der Waals surface area contributed by atoms with Crippen LogP contribution in [-0.2, 0) is 32.3 Å². The maximum Gasteiger partial charge on any atom is 0.416 e. The van der Waals surface area contributed by atoms with E-state index in [0.717, 1.165) is 17.0 Å². The molecule has 0 saturated heterocycles. The molecule has 0 spiro atoms. The zero-order valence-corrected chi connectivity index (χ0v) is 24.6. The Kier molecular flexibility index (Phi) is 10.6. The smallest absolute Gasteiger partial charge is 0.352 e. The number of anilines is 1. The molecule has 0 fully saturated rings. The second-order valence-electron chi connectivity index (χ2n) is 9.60. The minimum absolute atomic E-state index is 0.0450. The van der Waals surface area contributed by atoms with Gasteiger partial charge in [-0.15, -0.1) is 0 Å². The second-order valence-corrected chi connectivity index (χ2v) is 11.9. The van der Waals surface area contributed by atoms with E-state index in [1.807, 2.05) is 6.92 Å². The summed E-state index contributed by atoms with van der Waals surface area (Å²) in [5.41, 5.74) is -1.73. The lowest BCUT2D eigenvalue weighted by atomic mass is 10.1. The normalized spacial score (nSPS) is 13.2. The minimum atomic E-state index is -4.84. The van der Waals surface area contributed by atoms with Crippen LogP contribution < -0.4 is 9.62 Å². The molecule has 3 rings (SSSR count). The molecule has 0 radical (unpaired) electrons. The Hall–Kier alpha value is -3.64. The van der Waals surface area contributed by atoms with Crippen LogP contribution in [0.2, 0.25) is 5.02 Å². The Balaban J connectivity index is 2.13. The van der Waals surface area contributed by atoms with Crippen molar-refractivity contribution in [2.45, 2.75) is 56.9 Å². The van der Waals surface area contributed by atoms with Gasteiger partial charge in [0.05, 0.1) is 21.2 Å². The first-order chi connectivity index (χ1) is 19.7. The molecule has 0 aliphatic rings. The molecular formula is C29H30ClF4N3O4S. The number of hydrogen-bond donors (Lipinski definition) is 1. The van der Waals surface area contributed by atoms with Crippen LogP contribution in [-0.4, -0.2) is 43.8 Å². The number of rotatable bonds is 11. The van der Waals surface area contributed by atoms with Crippen molar-refractivity contribution < 1.29 is 35.6 Å². The molecule has 13 heteroatoms. The molecule has 0 aliphatic heterocycles. The van der Waals surface area contributed by atoms with Gasteiger partial charge in [-0.1, -0.05) is 54.9 Å². The number of nitrogens with zero attached hydrogens (tertiary/aromatic N) is 2. The summed E-state index contributed by atoms with van der Waals surface area (Å²) in [4.78, 5) is 27.6. The van der Waals surface area contributed by atoms with E-state index in [4.69, 9.17) is 11.6 Å². The molecule has 0 bridgehead atoms. The highest BCUT2D eigenvalue weighted by atomic mass is 35.5. The molecule has 7 nitrogen and oxygen atoms in total. The van der Waals surface area contributed by atoms with E-state index in [9.17, 15) is 35.6 Å². The maximum absolute atomic E-state index is 14.6. The predicted octanol–water partition coefficient (Wildman–Crippen LogP) is 6.03. The van der Waals surface area contributed by atoms with Crippen molar-refractivity contribution >= 4 is 39.1 Å². The van der Waals surface area contributed by atoms with Crippen LogP contribution in [0.25, 0.3) is 0 Å². The number of carbonyl (C=O) groups excluding carboxylic acids is 2. The van der Waals surface area contributed by atoms with Crippen molar-refractivity contribution in [3.05, 3.63) is 94.8 Å². The first kappa shape index (κ1) is 32.9. The van der Waals surface area contributed by atoms with Gasteiger partial charge in [0, 0.05) is 18.2 Å². The van der Waals surface area contributed by atoms with Gasteiger partial charge in [-0.25, -0.2) is 12.8 Å². The Labute approximate surface area is 247 Å². The summed E-state index contributed by atoms with van der Waals surface area (Å²) in [5, 5.41) is 2.37. The third kappa shape index (κ3) is 7.80. The molecule has 2 amide bonds. The molecule has 2 atom stereocenters. The number of sulfonamides is 1. The van der Waals surface area contributed by atoms with E-state index in [0.29, 0.717) is 22.9 Å². The first-order valence-electron chi connectivity index (χ1n) is 12.9. The van der Waals surface area contributed by atoms with E-state index in [-0.39, 0.29) is 21.5 Å². The summed E-state index contributed by atoms with van der Waals surface area (Å²) in [6, 6.07) is 13.0. The molecule has 1 N–H and O–H groups in total. The largest absolute Gasteiger partial charge is 0.416 e. The quantitative estimate of drug-likeness (QED) is 0.263. The van der Waals surface area contributed by atoms with Crippen molar-refractivity contribution in [2.75, 3.05) is 10.8 Å². The zero-order valence-electron chi connectivity index (χ0n) is 23.0. The number of carbonyl (C=O) groups is 2. The third-order valence-corrected chi connectivity index (χ3v) is 8.71. The molecule has 3 aromatic rings. The van der Waals surface area contributed by atoms with Crippen molar-refractivity contribution in [1.82, 2.24) is 10.2 Å². The lowest BCUT2D eigenvalue weighted by Gasteiger charge is -2.33. The SMILES string of the molecule is CC[C@H](C)NC(=O)[C@H](C)N(Cc1ccccc1F)C(=O)CN(c1cc(C(F)(F)F)ccc1Cl)S(=O)(=O)c1ccccc1. The Morgan fingerprint density at radius 1 is 0.976 bits per heavy atom. The van der Waals surface area contributed by atoms with E-state index in [1.165, 1.54) is 49.4 Å². The average Bonchev–Trinajstić information content (AvgIpc) is 2.95. The first-order valence-corrected chi connectivity index (χ1v) is 14.8. The van der Waals surface area contributed by atoms with E-state index >= 15 is 0 Å². The van der Waals surface area contributed by atoms with Gasteiger partial charge in [0.2, 0.25) is 11.8 Å². The number of benzene rings is 3. The highest BCUT2D eigenvalue weighted by Crippen LogP contribution is 2.37. The standard InChI is InChI=1S/C29H30ClF4N3O4S/c1-4-19(2)35-28(39)20(3)36(17-21-10-8-9-13-25(21)31)27(38)18-37(42(40,41)23-11-6-5-7-12-23)26-16-22(29(32,33)34)14-15-24(26)30/h5-16,19-20H,4,17-18H2,1-3H3,(H,35,39)/t19-,20-/m0/s1. The van der Waals surface area contributed by atoms with Gasteiger partial charge in [0.25, 0.3) is 10.0 Å². The van der Waals surface area contributed by atoms with E-state index < -0.39 is 64.2 Å². The van der Waals surface area contributed by atoms with Crippen LogP contribution in [0.15, 0.2) is 77.7 Å². The summed E-state index contributed by atoms with van der Waals surface area (Å²) in [6.45, 7) is 3.52. The molecule has 0 heterocycles. The molecular weight excluding hydrogens is 598 g/mol. The topological polar surface area (TPSA) is 86.8 Å². The average molecular weight is 628 g/mol. The van der Waals surface area contributed by atoms with Crippen molar-refractivity contribution in [3.63, 3.8) is 0 Å². The summed E-state index contributed by atoms with van der Waals surface area (Å²) < 4.78 is 83.5. The molecule has 0 aromatic heterocycles. The van der Waals surface area contributed by atoms with Crippen molar-refractivity contribution in [3.8, 4) is 0 Å². The van der Waals surface area contributed by atoms with Gasteiger partial charge in [-0.3, -0.25) is 13.9 Å². The lowest BCUT2D eigenvalue weighted by Crippen LogP contribution is -2.52. The summed E-state index contributed by atoms with van der Waals surface area (Å²) >= 11 is 6.22. The van der Waals surface area contributed by atoms with Gasteiger partial charge in [-0.05, 0) is 56.7 Å². The summed E-state index contributed by atoms with van der Waals surface area (Å²) in [7, 11) is -4.66. The van der Waals surface area contributed by atoms with Gasteiger partial charge in [0.1, 0.15) is 18.4 Å². The number of halogens is 5. The second kappa shape index (κ2) is 13.6. The van der Waals surface area contributed by atoms with Crippen LogP contribution >= 0.6 is 11.6 Å². The zero-order chi connectivity index (χ0) is 31.2. The van der Waals surface area contributed by atoms with Crippen molar-refractivity contribution in [2.24, 2.45) is 0 Å². The molecule has 3 aromatic carbocycles. The number of nitrogens with one attached hydrogen (secondary N) is 1. The molecule has 0 aliphatic carbocycles. The number of hydrogen-bond acceptors (Lipinski definition) is 4. The van der Waals surface area contributed by atoms with Crippen LogP contribution in [0.3, 0.4) is 0 Å². The van der Waals surface area contributed by atoms with Gasteiger partial charge in [-0.2, -0.15) is 13.2 Å².